The number of H-pyrrole nitrogens is 1. The molecule has 1 atom stereocenters. The molecule has 0 spiro atoms. The molecule has 0 aliphatic rings. The van der Waals surface area contributed by atoms with Gasteiger partial charge in [-0.3, -0.25) is 14.2 Å². The summed E-state index contributed by atoms with van der Waals surface area (Å²) in [4.78, 5) is 40.4. The van der Waals surface area contributed by atoms with Crippen LogP contribution in [0.1, 0.15) is 29.1 Å². The maximum atomic E-state index is 14.4. The van der Waals surface area contributed by atoms with Crippen LogP contribution in [-0.2, 0) is 0 Å². The van der Waals surface area contributed by atoms with Crippen LogP contribution in [0.25, 0.3) is 44.3 Å². The lowest BCUT2D eigenvalue weighted by atomic mass is 10.0. The smallest absolute Gasteiger partial charge is 0.266 e. The topological polar surface area (TPSA) is 136 Å². The number of nitrogens with zero attached hydrogens (tertiary/aromatic N) is 5. The fourth-order valence-corrected chi connectivity index (χ4v) is 5.34. The van der Waals surface area contributed by atoms with E-state index in [2.05, 4.69) is 20.4 Å². The van der Waals surface area contributed by atoms with Crippen LogP contribution in [0.3, 0.4) is 0 Å². The van der Waals surface area contributed by atoms with Crippen molar-refractivity contribution < 1.29 is 4.79 Å². The number of carbonyl (C=O) groups is 1. The lowest BCUT2D eigenvalue weighted by molar-refractivity contribution is 0.0940. The van der Waals surface area contributed by atoms with Crippen LogP contribution in [0, 0.1) is 0 Å². The van der Waals surface area contributed by atoms with Gasteiger partial charge in [0, 0.05) is 35.1 Å². The first-order valence-corrected chi connectivity index (χ1v) is 13.1. The predicted octanol–water partition coefficient (Wildman–Crippen LogP) is 4.65. The van der Waals surface area contributed by atoms with Crippen LogP contribution < -0.4 is 16.6 Å². The highest BCUT2D eigenvalue weighted by Crippen LogP contribution is 2.33. The standard InChI is InChI=1S/C31H24N8O2/c1-18(35-30(40)26-27(32)37-38-16-8-15-33-29(26)38)28-36-24-14-7-12-21(22-17-34-23-13-6-5-11-20(22)23)25(24)31(41)39(28)19-9-3-2-4-10-19/h2-18,34H,1H3,(H2,32,37)(H,35,40)/t18-/m0/s1. The van der Waals surface area contributed by atoms with Gasteiger partial charge in [0.05, 0.1) is 22.6 Å². The van der Waals surface area contributed by atoms with Gasteiger partial charge >= 0.3 is 0 Å². The van der Waals surface area contributed by atoms with Crippen LogP contribution in [-0.4, -0.2) is 35.0 Å². The van der Waals surface area contributed by atoms with Gasteiger partial charge in [0.15, 0.2) is 11.5 Å². The second-order valence-corrected chi connectivity index (χ2v) is 9.74. The maximum absolute atomic E-state index is 14.4. The van der Waals surface area contributed by atoms with E-state index in [4.69, 9.17) is 10.7 Å². The third-order valence-electron chi connectivity index (χ3n) is 7.20. The van der Waals surface area contributed by atoms with E-state index >= 15 is 0 Å². The first-order chi connectivity index (χ1) is 20.0. The summed E-state index contributed by atoms with van der Waals surface area (Å²) >= 11 is 0. The molecule has 0 bridgehead atoms. The Hall–Kier alpha value is -5.77. The fourth-order valence-electron chi connectivity index (χ4n) is 5.34. The van der Waals surface area contributed by atoms with Gasteiger partial charge in [0.1, 0.15) is 11.4 Å². The predicted molar refractivity (Wildman–Crippen MR) is 158 cm³/mol. The van der Waals surface area contributed by atoms with Crippen LogP contribution in [0.15, 0.2) is 102 Å². The molecule has 4 heterocycles. The number of nitrogen functional groups attached to an aromatic ring is 1. The van der Waals surface area contributed by atoms with Crippen LogP contribution in [0.5, 0.6) is 0 Å². The molecule has 0 unspecified atom stereocenters. The average Bonchev–Trinajstić information content (AvgIpc) is 3.57. The van der Waals surface area contributed by atoms with Crippen molar-refractivity contribution in [2.24, 2.45) is 0 Å². The normalized spacial score (nSPS) is 12.2. The molecule has 0 saturated heterocycles. The first kappa shape index (κ1) is 24.3. The van der Waals surface area contributed by atoms with Crippen molar-refractivity contribution in [2.45, 2.75) is 13.0 Å². The number of aromatic amines is 1. The van der Waals surface area contributed by atoms with E-state index in [-0.39, 0.29) is 16.9 Å². The summed E-state index contributed by atoms with van der Waals surface area (Å²) in [6.45, 7) is 1.78. The molecule has 10 nitrogen and oxygen atoms in total. The van der Waals surface area contributed by atoms with Crippen molar-refractivity contribution in [1.82, 2.24) is 34.4 Å². The molecule has 41 heavy (non-hydrogen) atoms. The number of amides is 1. The van der Waals surface area contributed by atoms with Crippen molar-refractivity contribution in [3.8, 4) is 16.8 Å². The summed E-state index contributed by atoms with van der Waals surface area (Å²) in [5.74, 6) is -0.0324. The number of hydrogen-bond donors (Lipinski definition) is 3. The Morgan fingerprint density at radius 3 is 2.63 bits per heavy atom. The monoisotopic (exact) mass is 540 g/mol. The van der Waals surface area contributed by atoms with Gasteiger partial charge in [-0.1, -0.05) is 48.5 Å². The maximum Gasteiger partial charge on any atom is 0.266 e. The highest BCUT2D eigenvalue weighted by molar-refractivity contribution is 6.05. The SMILES string of the molecule is C[C@H](NC(=O)c1c(N)nn2cccnc12)c1nc2cccc(-c3c[nH]c4ccccc34)c2c(=O)n1-c1ccccc1. The van der Waals surface area contributed by atoms with E-state index in [1.54, 1.807) is 30.0 Å². The number of para-hydroxylation sites is 2. The summed E-state index contributed by atoms with van der Waals surface area (Å²) < 4.78 is 3.01. The second-order valence-electron chi connectivity index (χ2n) is 9.74. The Morgan fingerprint density at radius 2 is 1.78 bits per heavy atom. The Bertz CT molecular complexity index is 2160. The molecule has 0 radical (unpaired) electrons. The van der Waals surface area contributed by atoms with Crippen molar-refractivity contribution in [2.75, 3.05) is 5.73 Å². The molecule has 200 valence electrons. The minimum absolute atomic E-state index is 0.0590. The second kappa shape index (κ2) is 9.45. The largest absolute Gasteiger partial charge is 0.381 e. The summed E-state index contributed by atoms with van der Waals surface area (Å²) in [5, 5.41) is 8.64. The fraction of sp³-hybridized carbons (Fsp3) is 0.0645. The quantitative estimate of drug-likeness (QED) is 0.291. The zero-order chi connectivity index (χ0) is 28.1. The van der Waals surface area contributed by atoms with Gasteiger partial charge in [-0.25, -0.2) is 14.5 Å². The molecule has 10 heteroatoms. The third kappa shape index (κ3) is 3.92. The number of fused-ring (bicyclic) bond motifs is 3. The number of rotatable bonds is 5. The molecular formula is C31H24N8O2. The molecule has 0 saturated carbocycles. The number of anilines is 1. The number of nitrogens with one attached hydrogen (secondary N) is 2. The Balaban J connectivity index is 1.40. The minimum atomic E-state index is -0.672. The summed E-state index contributed by atoms with van der Waals surface area (Å²) in [5.41, 5.74) is 10.2. The lowest BCUT2D eigenvalue weighted by Gasteiger charge is -2.20. The Kier molecular flexibility index (Phi) is 5.60. The summed E-state index contributed by atoms with van der Waals surface area (Å²) in [7, 11) is 0. The number of nitrogens with two attached hydrogens (primary N) is 1. The highest BCUT2D eigenvalue weighted by Gasteiger charge is 2.25. The first-order valence-electron chi connectivity index (χ1n) is 13.1. The third-order valence-corrected chi connectivity index (χ3v) is 7.20. The highest BCUT2D eigenvalue weighted by atomic mass is 16.2. The molecule has 3 aromatic carbocycles. The summed E-state index contributed by atoms with van der Waals surface area (Å²) in [6.07, 6.45) is 5.15. The molecule has 0 fully saturated rings. The molecular weight excluding hydrogens is 516 g/mol. The number of hydrogen-bond acceptors (Lipinski definition) is 6. The van der Waals surface area contributed by atoms with Crippen LogP contribution in [0.2, 0.25) is 0 Å². The molecule has 0 aliphatic heterocycles. The van der Waals surface area contributed by atoms with Gasteiger partial charge in [0.2, 0.25) is 0 Å². The van der Waals surface area contributed by atoms with Gasteiger partial charge in [0.25, 0.3) is 11.5 Å². The molecule has 7 rings (SSSR count). The van der Waals surface area contributed by atoms with E-state index in [1.165, 1.54) is 4.52 Å². The number of aromatic nitrogens is 6. The van der Waals surface area contributed by atoms with Crippen LogP contribution in [0.4, 0.5) is 5.82 Å². The van der Waals surface area contributed by atoms with Gasteiger partial charge < -0.3 is 16.0 Å². The van der Waals surface area contributed by atoms with Gasteiger partial charge in [-0.05, 0) is 42.8 Å². The van der Waals surface area contributed by atoms with E-state index in [0.29, 0.717) is 28.1 Å². The molecule has 7 aromatic rings. The molecule has 1 amide bonds. The van der Waals surface area contributed by atoms with Crippen molar-refractivity contribution in [3.05, 3.63) is 119 Å². The Morgan fingerprint density at radius 1 is 0.976 bits per heavy atom. The average molecular weight is 541 g/mol. The summed E-state index contributed by atoms with van der Waals surface area (Å²) in [6, 6.07) is 23.9. The van der Waals surface area contributed by atoms with Crippen LogP contribution >= 0.6 is 0 Å². The number of benzene rings is 3. The van der Waals surface area contributed by atoms with Crippen molar-refractivity contribution in [3.63, 3.8) is 0 Å². The van der Waals surface area contributed by atoms with E-state index in [1.807, 2.05) is 79.0 Å². The van der Waals surface area contributed by atoms with E-state index in [9.17, 15) is 9.59 Å². The number of carbonyl (C=O) groups excluding carboxylic acids is 1. The molecule has 4 aromatic heterocycles. The Labute approximate surface area is 233 Å². The minimum Gasteiger partial charge on any atom is -0.381 e. The van der Waals surface area contributed by atoms with Crippen molar-refractivity contribution in [1.29, 1.82) is 0 Å². The van der Waals surface area contributed by atoms with Crippen molar-refractivity contribution >= 4 is 39.2 Å². The van der Waals surface area contributed by atoms with E-state index < -0.39 is 11.9 Å². The lowest BCUT2D eigenvalue weighted by Crippen LogP contribution is -2.33. The zero-order valence-electron chi connectivity index (χ0n) is 21.9. The molecule has 4 N–H and O–H groups in total. The molecule has 0 aliphatic carbocycles. The van der Waals surface area contributed by atoms with Gasteiger partial charge in [-0.2, -0.15) is 0 Å². The van der Waals surface area contributed by atoms with Gasteiger partial charge in [-0.15, -0.1) is 5.10 Å². The zero-order valence-corrected chi connectivity index (χ0v) is 21.9. The van der Waals surface area contributed by atoms with E-state index in [0.717, 1.165) is 22.0 Å².